The Balaban J connectivity index is 1.46. The van der Waals surface area contributed by atoms with E-state index in [1.807, 2.05) is 23.6 Å². The highest BCUT2D eigenvalue weighted by atomic mass is 32.1. The van der Waals surface area contributed by atoms with Crippen LogP contribution in [0.25, 0.3) is 64.5 Å². The van der Waals surface area contributed by atoms with E-state index in [1.54, 1.807) is 0 Å². The maximum Gasteiger partial charge on any atom is 0.146 e. The maximum absolute atomic E-state index is 4.83. The molecule has 0 unspecified atom stereocenters. The van der Waals surface area contributed by atoms with Crippen molar-refractivity contribution in [3.8, 4) is 11.4 Å². The summed E-state index contributed by atoms with van der Waals surface area (Å²) in [6, 6.07) is 39.0. The van der Waals surface area contributed by atoms with Crippen molar-refractivity contribution in [2.24, 2.45) is 0 Å². The fourth-order valence-corrected chi connectivity index (χ4v) is 6.77. The monoisotopic (exact) mass is 465 g/mol. The van der Waals surface area contributed by atoms with Gasteiger partial charge in [-0.1, -0.05) is 60.7 Å². The first-order valence-corrected chi connectivity index (χ1v) is 12.6. The van der Waals surface area contributed by atoms with Gasteiger partial charge in [0.2, 0.25) is 0 Å². The Bertz CT molecular complexity index is 2020. The van der Waals surface area contributed by atoms with Crippen molar-refractivity contribution < 1.29 is 0 Å². The van der Waals surface area contributed by atoms with Gasteiger partial charge in [-0.25, -0.2) is 4.98 Å². The molecule has 3 nitrogen and oxygen atoms in total. The molecule has 4 heterocycles. The van der Waals surface area contributed by atoms with E-state index in [4.69, 9.17) is 4.98 Å². The molecular weight excluding hydrogens is 446 g/mol. The van der Waals surface area contributed by atoms with Crippen LogP contribution in [0.1, 0.15) is 0 Å². The minimum absolute atomic E-state index is 0.999. The largest absolute Gasteiger partial charge is 0.309 e. The highest BCUT2D eigenvalue weighted by Gasteiger charge is 2.19. The maximum atomic E-state index is 4.83. The second-order valence-electron chi connectivity index (χ2n) is 8.88. The number of nitrogens with zero attached hydrogens (tertiary/aromatic N) is 3. The van der Waals surface area contributed by atoms with Gasteiger partial charge in [0.15, 0.2) is 0 Å². The first-order valence-electron chi connectivity index (χ1n) is 11.7. The van der Waals surface area contributed by atoms with Crippen molar-refractivity contribution in [2.75, 3.05) is 0 Å². The molecule has 0 radical (unpaired) electrons. The quantitative estimate of drug-likeness (QED) is 0.251. The number of fused-ring (bicyclic) bond motifs is 8. The number of rotatable bonds is 2. The van der Waals surface area contributed by atoms with Gasteiger partial charge in [0.05, 0.1) is 16.7 Å². The topological polar surface area (TPSA) is 22.8 Å². The second kappa shape index (κ2) is 7.05. The third-order valence-corrected chi connectivity index (χ3v) is 8.13. The van der Waals surface area contributed by atoms with Crippen molar-refractivity contribution in [3.63, 3.8) is 0 Å². The smallest absolute Gasteiger partial charge is 0.146 e. The first kappa shape index (κ1) is 19.0. The lowest BCUT2D eigenvalue weighted by molar-refractivity contribution is 1.12. The molecule has 4 heteroatoms. The van der Waals surface area contributed by atoms with Gasteiger partial charge in [-0.2, -0.15) is 0 Å². The van der Waals surface area contributed by atoms with Crippen LogP contribution in [-0.2, 0) is 0 Å². The van der Waals surface area contributed by atoms with Gasteiger partial charge in [0.25, 0.3) is 0 Å². The fourth-order valence-electron chi connectivity index (χ4n) is 5.53. The predicted octanol–water partition coefficient (Wildman–Crippen LogP) is 8.49. The van der Waals surface area contributed by atoms with Crippen LogP contribution < -0.4 is 0 Å². The van der Waals surface area contributed by atoms with Crippen molar-refractivity contribution >= 4 is 64.5 Å². The van der Waals surface area contributed by atoms with E-state index in [1.165, 1.54) is 47.5 Å². The molecule has 8 rings (SSSR count). The molecular formula is C31H19N3S. The van der Waals surface area contributed by atoms with Crippen molar-refractivity contribution in [1.29, 1.82) is 0 Å². The molecule has 0 bridgehead atoms. The Morgan fingerprint density at radius 2 is 1.17 bits per heavy atom. The zero-order chi connectivity index (χ0) is 22.9. The molecule has 0 aliphatic carbocycles. The first-order chi connectivity index (χ1) is 17.4. The number of pyridine rings is 1. The SMILES string of the molecule is c1cc(-n2c3ccccc3c3ccccc32)cc(-n2c3ncccc3c3c4ccccc4sc32)c1. The minimum Gasteiger partial charge on any atom is -0.309 e. The summed E-state index contributed by atoms with van der Waals surface area (Å²) < 4.78 is 6.00. The van der Waals surface area contributed by atoms with Gasteiger partial charge < -0.3 is 4.57 Å². The third kappa shape index (κ3) is 2.57. The lowest BCUT2D eigenvalue weighted by Gasteiger charge is -2.11. The molecule has 0 aliphatic heterocycles. The van der Waals surface area contributed by atoms with Crippen LogP contribution in [0.3, 0.4) is 0 Å². The van der Waals surface area contributed by atoms with Gasteiger partial charge in [-0.05, 0) is 48.5 Å². The van der Waals surface area contributed by atoms with Crippen LogP contribution in [-0.4, -0.2) is 14.1 Å². The molecule has 0 amide bonds. The summed E-state index contributed by atoms with van der Waals surface area (Å²) in [4.78, 5) is 6.06. The highest BCUT2D eigenvalue weighted by Crippen LogP contribution is 2.42. The minimum atomic E-state index is 0.999. The van der Waals surface area contributed by atoms with Gasteiger partial charge in [0, 0.05) is 43.5 Å². The zero-order valence-electron chi connectivity index (χ0n) is 18.7. The van der Waals surface area contributed by atoms with E-state index in [-0.39, 0.29) is 0 Å². The van der Waals surface area contributed by atoms with E-state index in [2.05, 4.69) is 112 Å². The number of hydrogen-bond donors (Lipinski definition) is 0. The van der Waals surface area contributed by atoms with Crippen LogP contribution in [0.4, 0.5) is 0 Å². The van der Waals surface area contributed by atoms with Gasteiger partial charge in [-0.3, -0.25) is 4.57 Å². The van der Waals surface area contributed by atoms with Crippen molar-refractivity contribution in [1.82, 2.24) is 14.1 Å². The van der Waals surface area contributed by atoms with Gasteiger partial charge in [-0.15, -0.1) is 11.3 Å². The van der Waals surface area contributed by atoms with Crippen LogP contribution in [0.2, 0.25) is 0 Å². The second-order valence-corrected chi connectivity index (χ2v) is 9.91. The van der Waals surface area contributed by atoms with Gasteiger partial charge >= 0.3 is 0 Å². The summed E-state index contributed by atoms with van der Waals surface area (Å²) in [6.45, 7) is 0. The predicted molar refractivity (Wildman–Crippen MR) is 148 cm³/mol. The average Bonchev–Trinajstić information content (AvgIpc) is 3.55. The molecule has 0 atom stereocenters. The molecule has 0 N–H and O–H groups in total. The number of aromatic nitrogens is 3. The summed E-state index contributed by atoms with van der Waals surface area (Å²) in [5, 5.41) is 6.32. The van der Waals surface area contributed by atoms with Crippen LogP contribution >= 0.6 is 11.3 Å². The highest BCUT2D eigenvalue weighted by molar-refractivity contribution is 7.25. The fraction of sp³-hybridized carbons (Fsp3) is 0. The summed E-state index contributed by atoms with van der Waals surface area (Å²) in [6.07, 6.45) is 1.89. The summed E-state index contributed by atoms with van der Waals surface area (Å²) >= 11 is 1.83. The van der Waals surface area contributed by atoms with Crippen LogP contribution in [0, 0.1) is 0 Å². The number of thiophene rings is 1. The van der Waals surface area contributed by atoms with E-state index < -0.39 is 0 Å². The van der Waals surface area contributed by atoms with E-state index in [9.17, 15) is 0 Å². The van der Waals surface area contributed by atoms with E-state index in [0.717, 1.165) is 17.0 Å². The normalized spacial score (nSPS) is 12.0. The molecule has 0 spiro atoms. The van der Waals surface area contributed by atoms with Gasteiger partial charge in [0.1, 0.15) is 10.5 Å². The molecule has 0 saturated heterocycles. The zero-order valence-corrected chi connectivity index (χ0v) is 19.5. The standard InChI is InChI=1S/C31H19N3S/c1-4-15-26-22(11-1)23-12-2-5-16-27(23)33(26)20-9-7-10-21(19-20)34-30-25(14-8-18-32-30)29-24-13-3-6-17-28(24)35-31(29)34/h1-19H. The van der Waals surface area contributed by atoms with Crippen LogP contribution in [0.15, 0.2) is 115 Å². The Kier molecular flexibility index (Phi) is 3.82. The molecule has 4 aromatic heterocycles. The third-order valence-electron chi connectivity index (χ3n) is 6.97. The number of hydrogen-bond acceptors (Lipinski definition) is 2. The van der Waals surface area contributed by atoms with E-state index in [0.29, 0.717) is 0 Å². The molecule has 4 aromatic carbocycles. The Hall–Kier alpha value is -4.41. The Labute approximate surface area is 205 Å². The average molecular weight is 466 g/mol. The molecule has 8 aromatic rings. The lowest BCUT2D eigenvalue weighted by Crippen LogP contribution is -1.98. The number of para-hydroxylation sites is 2. The molecule has 0 saturated carbocycles. The summed E-state index contributed by atoms with van der Waals surface area (Å²) in [5.74, 6) is 0. The van der Waals surface area contributed by atoms with E-state index >= 15 is 0 Å². The molecule has 35 heavy (non-hydrogen) atoms. The summed E-state index contributed by atoms with van der Waals surface area (Å²) in [7, 11) is 0. The number of benzene rings is 4. The van der Waals surface area contributed by atoms with Crippen molar-refractivity contribution in [2.45, 2.75) is 0 Å². The Morgan fingerprint density at radius 1 is 0.543 bits per heavy atom. The molecule has 0 aliphatic rings. The van der Waals surface area contributed by atoms with Crippen LogP contribution in [0.5, 0.6) is 0 Å². The van der Waals surface area contributed by atoms with Crippen molar-refractivity contribution in [3.05, 3.63) is 115 Å². The summed E-state index contributed by atoms with van der Waals surface area (Å²) in [5.41, 5.74) is 5.70. The molecule has 164 valence electrons. The lowest BCUT2D eigenvalue weighted by atomic mass is 10.1. The Morgan fingerprint density at radius 3 is 1.94 bits per heavy atom. The molecule has 0 fully saturated rings.